The van der Waals surface area contributed by atoms with Gasteiger partial charge < -0.3 is 10.6 Å². The van der Waals surface area contributed by atoms with Crippen LogP contribution in [0.4, 0.5) is 5.95 Å². The Bertz CT molecular complexity index is 1670. The molecule has 3 aliphatic rings. The molecule has 4 aromatic rings. The Balaban J connectivity index is 1.25. The molecule has 0 radical (unpaired) electrons. The van der Waals surface area contributed by atoms with Crippen molar-refractivity contribution in [1.82, 2.24) is 24.2 Å². The van der Waals surface area contributed by atoms with Crippen molar-refractivity contribution in [3.8, 4) is 11.3 Å². The number of halogens is 1. The van der Waals surface area contributed by atoms with Gasteiger partial charge in [0.25, 0.3) is 10.0 Å². The van der Waals surface area contributed by atoms with Crippen LogP contribution in [-0.4, -0.2) is 64.5 Å². The van der Waals surface area contributed by atoms with Gasteiger partial charge in [0, 0.05) is 54.4 Å². The lowest BCUT2D eigenvalue weighted by Gasteiger charge is -2.48. The van der Waals surface area contributed by atoms with Gasteiger partial charge in [-0.3, -0.25) is 4.90 Å². The number of anilines is 1. The zero-order valence-corrected chi connectivity index (χ0v) is 23.9. The summed E-state index contributed by atoms with van der Waals surface area (Å²) in [6.45, 7) is 4.32. The third-order valence-electron chi connectivity index (χ3n) is 9.18. The quantitative estimate of drug-likeness (QED) is 0.328. The van der Waals surface area contributed by atoms with Crippen molar-refractivity contribution in [2.45, 2.75) is 54.5 Å². The number of fused-ring (bicyclic) bond motifs is 3. The van der Waals surface area contributed by atoms with Gasteiger partial charge in [0.1, 0.15) is 0 Å². The van der Waals surface area contributed by atoms with Crippen molar-refractivity contribution < 1.29 is 8.42 Å². The number of benzene rings is 2. The zero-order valence-electron chi connectivity index (χ0n) is 22.3. The van der Waals surface area contributed by atoms with Crippen molar-refractivity contribution in [2.24, 2.45) is 0 Å². The largest absolute Gasteiger partial charge is 0.349 e. The molecule has 0 spiro atoms. The van der Waals surface area contributed by atoms with E-state index in [1.807, 2.05) is 24.3 Å². The molecule has 2 atom stereocenters. The average Bonchev–Trinajstić information content (AvgIpc) is 3.51. The topological polar surface area (TPSA) is 92.2 Å². The van der Waals surface area contributed by atoms with Gasteiger partial charge in [-0.2, -0.15) is 0 Å². The molecule has 3 heterocycles. The van der Waals surface area contributed by atoms with Gasteiger partial charge in [-0.25, -0.2) is 22.4 Å². The summed E-state index contributed by atoms with van der Waals surface area (Å²) in [6, 6.07) is 15.9. The van der Waals surface area contributed by atoms with Crippen LogP contribution in [0.25, 0.3) is 22.2 Å². The molecular formula is C30H33ClN6O2S. The van der Waals surface area contributed by atoms with Crippen LogP contribution in [0.15, 0.2) is 71.9 Å². The molecule has 2 bridgehead atoms. The molecular weight excluding hydrogens is 544 g/mol. The van der Waals surface area contributed by atoms with Gasteiger partial charge in [0.05, 0.1) is 27.3 Å². The molecule has 2 N–H and O–H groups in total. The second kappa shape index (κ2) is 9.83. The van der Waals surface area contributed by atoms with E-state index in [0.29, 0.717) is 27.7 Å². The van der Waals surface area contributed by atoms with Crippen molar-refractivity contribution in [1.29, 1.82) is 0 Å². The van der Waals surface area contributed by atoms with E-state index < -0.39 is 10.0 Å². The predicted molar refractivity (Wildman–Crippen MR) is 158 cm³/mol. The molecule has 10 heteroatoms. The molecule has 2 aromatic carbocycles. The third-order valence-corrected chi connectivity index (χ3v) is 11.1. The van der Waals surface area contributed by atoms with E-state index in [9.17, 15) is 8.42 Å². The number of para-hydroxylation sites is 1. The summed E-state index contributed by atoms with van der Waals surface area (Å²) in [6.07, 6.45) is 10.2. The molecule has 2 unspecified atom stereocenters. The molecule has 2 aliphatic carbocycles. The van der Waals surface area contributed by atoms with Gasteiger partial charge in [0.15, 0.2) is 0 Å². The Kier molecular flexibility index (Phi) is 6.38. The van der Waals surface area contributed by atoms with Crippen LogP contribution in [0, 0.1) is 0 Å². The molecule has 208 valence electrons. The minimum absolute atomic E-state index is 0.0428. The van der Waals surface area contributed by atoms with Crippen LogP contribution in [0.2, 0.25) is 5.02 Å². The number of piperazine rings is 1. The second-order valence-electron chi connectivity index (χ2n) is 11.5. The van der Waals surface area contributed by atoms with E-state index in [0.717, 1.165) is 50.8 Å². The lowest BCUT2D eigenvalue weighted by molar-refractivity contribution is 0.0503. The molecule has 1 aliphatic heterocycles. The lowest BCUT2D eigenvalue weighted by Crippen LogP contribution is -2.57. The molecule has 0 amide bonds. The summed E-state index contributed by atoms with van der Waals surface area (Å²) in [5.74, 6) is 0.542. The molecule has 8 nitrogen and oxygen atoms in total. The average molecular weight is 577 g/mol. The Morgan fingerprint density at radius 3 is 2.55 bits per heavy atom. The van der Waals surface area contributed by atoms with Gasteiger partial charge in [-0.05, 0) is 56.7 Å². The van der Waals surface area contributed by atoms with Crippen molar-refractivity contribution >= 4 is 38.5 Å². The van der Waals surface area contributed by atoms with Crippen molar-refractivity contribution in [3.63, 3.8) is 0 Å². The maximum absolute atomic E-state index is 13.6. The number of hydrogen-bond acceptors (Lipinski definition) is 7. The fourth-order valence-corrected chi connectivity index (χ4v) is 8.88. The van der Waals surface area contributed by atoms with Crippen LogP contribution in [0.3, 0.4) is 0 Å². The van der Waals surface area contributed by atoms with Gasteiger partial charge in [-0.15, -0.1) is 0 Å². The number of nitrogens with zero attached hydrogens (tertiary/aromatic N) is 4. The minimum atomic E-state index is -3.82. The lowest BCUT2D eigenvalue weighted by atomic mass is 9.77. The Morgan fingerprint density at radius 2 is 1.73 bits per heavy atom. The summed E-state index contributed by atoms with van der Waals surface area (Å²) in [7, 11) is -3.82. The van der Waals surface area contributed by atoms with Crippen molar-refractivity contribution in [3.05, 3.63) is 72.0 Å². The van der Waals surface area contributed by atoms with E-state index in [4.69, 9.17) is 16.6 Å². The van der Waals surface area contributed by atoms with Gasteiger partial charge in [-0.1, -0.05) is 48.0 Å². The van der Waals surface area contributed by atoms with Crippen LogP contribution in [0.1, 0.15) is 38.5 Å². The van der Waals surface area contributed by atoms with E-state index in [2.05, 4.69) is 20.5 Å². The minimum Gasteiger partial charge on any atom is -0.349 e. The van der Waals surface area contributed by atoms with E-state index in [-0.39, 0.29) is 16.0 Å². The maximum atomic E-state index is 13.6. The van der Waals surface area contributed by atoms with Gasteiger partial charge >= 0.3 is 0 Å². The van der Waals surface area contributed by atoms with Crippen LogP contribution in [-0.2, 0) is 10.0 Å². The second-order valence-corrected chi connectivity index (χ2v) is 13.7. The first-order chi connectivity index (χ1) is 19.4. The number of rotatable bonds is 6. The van der Waals surface area contributed by atoms with Crippen LogP contribution >= 0.6 is 11.6 Å². The van der Waals surface area contributed by atoms with Crippen molar-refractivity contribution in [2.75, 3.05) is 31.5 Å². The fourth-order valence-electron chi connectivity index (χ4n) is 7.29. The van der Waals surface area contributed by atoms with E-state index in [1.165, 1.54) is 23.2 Å². The summed E-state index contributed by atoms with van der Waals surface area (Å²) in [5, 5.41) is 8.39. The zero-order chi connectivity index (χ0) is 27.4. The predicted octanol–water partition coefficient (Wildman–Crippen LogP) is 5.15. The van der Waals surface area contributed by atoms with E-state index >= 15 is 0 Å². The van der Waals surface area contributed by atoms with Crippen LogP contribution < -0.4 is 10.6 Å². The summed E-state index contributed by atoms with van der Waals surface area (Å²) in [4.78, 5) is 12.4. The first-order valence-electron chi connectivity index (χ1n) is 14.1. The Morgan fingerprint density at radius 1 is 0.950 bits per heavy atom. The summed E-state index contributed by atoms with van der Waals surface area (Å²) < 4.78 is 28.6. The highest BCUT2D eigenvalue weighted by Gasteiger charge is 2.54. The molecule has 2 saturated carbocycles. The number of hydrogen-bond donors (Lipinski definition) is 2. The molecule has 2 aromatic heterocycles. The fraction of sp³-hybridized carbons (Fsp3) is 0.400. The monoisotopic (exact) mass is 576 g/mol. The third kappa shape index (κ3) is 4.31. The molecule has 3 fully saturated rings. The SMILES string of the molecule is O=S(=O)(c1ccccc1)n1cc(-c2nc(NC34CCCC(N5CCNCC5)(CC3)C4)ncc2Cl)c2ccccc21. The first kappa shape index (κ1) is 26.0. The Labute approximate surface area is 239 Å². The number of aromatic nitrogens is 3. The molecule has 40 heavy (non-hydrogen) atoms. The molecule has 7 rings (SSSR count). The first-order valence-corrected chi connectivity index (χ1v) is 15.9. The molecule has 1 saturated heterocycles. The van der Waals surface area contributed by atoms with E-state index in [1.54, 1.807) is 42.7 Å². The normalized spacial score (nSPS) is 25.3. The standard InChI is InChI=1S/C30H33ClN6O2S/c31-25-19-33-28(35-29-11-6-12-30(21-29,14-13-29)36-17-15-32-16-18-36)34-27(25)24-20-37(26-10-5-4-9-23(24)26)40(38,39)22-7-2-1-3-8-22/h1-5,7-10,19-20,32H,6,11-18,21H2,(H,33,34,35). The highest BCUT2D eigenvalue weighted by Crippen LogP contribution is 2.52. The van der Waals surface area contributed by atoms with Gasteiger partial charge in [0.2, 0.25) is 5.95 Å². The summed E-state index contributed by atoms with van der Waals surface area (Å²) in [5.41, 5.74) is 1.97. The highest BCUT2D eigenvalue weighted by molar-refractivity contribution is 7.90. The smallest absolute Gasteiger partial charge is 0.268 e. The number of nitrogens with one attached hydrogen (secondary N) is 2. The highest BCUT2D eigenvalue weighted by atomic mass is 35.5. The Hall–Kier alpha value is -2.98. The maximum Gasteiger partial charge on any atom is 0.268 e. The van der Waals surface area contributed by atoms with Crippen LogP contribution in [0.5, 0.6) is 0 Å². The summed E-state index contributed by atoms with van der Waals surface area (Å²) >= 11 is 6.69.